The number of carbonyl (C=O) groups excluding carboxylic acids is 1. The Morgan fingerprint density at radius 2 is 1.84 bits per heavy atom. The van der Waals surface area contributed by atoms with E-state index >= 15 is 0 Å². The zero-order chi connectivity index (χ0) is 22.7. The Kier molecular flexibility index (Phi) is 6.82. The van der Waals surface area contributed by atoms with Crippen molar-refractivity contribution >= 4 is 28.9 Å². The normalized spacial score (nSPS) is 14.6. The molecule has 1 aromatic heterocycles. The highest BCUT2D eigenvalue weighted by Gasteiger charge is 2.20. The molecule has 1 aliphatic rings. The summed E-state index contributed by atoms with van der Waals surface area (Å²) in [6.45, 7) is 11.8. The summed E-state index contributed by atoms with van der Waals surface area (Å²) in [5, 5.41) is 8.23. The first kappa shape index (κ1) is 22.4. The van der Waals surface area contributed by atoms with Crippen molar-refractivity contribution in [1.82, 2.24) is 14.7 Å². The lowest BCUT2D eigenvalue weighted by atomic mass is 10.1. The Morgan fingerprint density at radius 3 is 2.53 bits per heavy atom. The van der Waals surface area contributed by atoms with Crippen molar-refractivity contribution < 1.29 is 4.79 Å². The van der Waals surface area contributed by atoms with Gasteiger partial charge in [0.1, 0.15) is 0 Å². The second kappa shape index (κ2) is 9.76. The zero-order valence-electron chi connectivity index (χ0n) is 18.9. The van der Waals surface area contributed by atoms with Gasteiger partial charge in [0.15, 0.2) is 0 Å². The van der Waals surface area contributed by atoms with Crippen molar-refractivity contribution in [1.29, 1.82) is 0 Å². The Bertz CT molecular complexity index is 1100. The lowest BCUT2D eigenvalue weighted by Crippen LogP contribution is -2.46. The molecule has 0 radical (unpaired) electrons. The fourth-order valence-electron chi connectivity index (χ4n) is 4.20. The van der Waals surface area contributed by atoms with Gasteiger partial charge in [-0.1, -0.05) is 30.7 Å². The van der Waals surface area contributed by atoms with Crippen molar-refractivity contribution in [2.75, 3.05) is 42.9 Å². The number of rotatable bonds is 6. The van der Waals surface area contributed by atoms with Crippen LogP contribution in [0.15, 0.2) is 48.5 Å². The third-order valence-electron chi connectivity index (χ3n) is 5.99. The summed E-state index contributed by atoms with van der Waals surface area (Å²) in [7, 11) is 0. The minimum absolute atomic E-state index is 0.143. The van der Waals surface area contributed by atoms with E-state index in [1.54, 1.807) is 0 Å². The lowest BCUT2D eigenvalue weighted by molar-refractivity contribution is 0.102. The van der Waals surface area contributed by atoms with E-state index < -0.39 is 0 Å². The molecule has 2 heterocycles. The average molecular weight is 452 g/mol. The molecule has 3 aromatic rings. The Morgan fingerprint density at radius 1 is 1.06 bits per heavy atom. The van der Waals surface area contributed by atoms with Gasteiger partial charge in [-0.3, -0.25) is 9.48 Å². The van der Waals surface area contributed by atoms with E-state index in [0.29, 0.717) is 17.1 Å². The second-order valence-corrected chi connectivity index (χ2v) is 8.76. The summed E-state index contributed by atoms with van der Waals surface area (Å²) < 4.78 is 1.96. The number of anilines is 2. The zero-order valence-corrected chi connectivity index (χ0v) is 19.7. The number of hydrogen-bond acceptors (Lipinski definition) is 4. The molecule has 0 aliphatic carbocycles. The predicted octanol–water partition coefficient (Wildman–Crippen LogP) is 4.60. The van der Waals surface area contributed by atoms with Gasteiger partial charge in [-0.05, 0) is 62.4 Å². The van der Waals surface area contributed by atoms with E-state index in [1.807, 2.05) is 61.0 Å². The Balaban J connectivity index is 1.52. The topological polar surface area (TPSA) is 53.4 Å². The van der Waals surface area contributed by atoms with Gasteiger partial charge in [0.2, 0.25) is 0 Å². The van der Waals surface area contributed by atoms with Gasteiger partial charge in [0, 0.05) is 42.5 Å². The Labute approximate surface area is 194 Å². The molecular formula is C25H30ClN5O. The molecule has 1 amide bonds. The number of benzene rings is 2. The van der Waals surface area contributed by atoms with Gasteiger partial charge >= 0.3 is 0 Å². The molecule has 168 valence electrons. The van der Waals surface area contributed by atoms with Crippen LogP contribution in [0.3, 0.4) is 0 Å². The highest BCUT2D eigenvalue weighted by molar-refractivity contribution is 6.31. The molecule has 7 heteroatoms. The summed E-state index contributed by atoms with van der Waals surface area (Å²) >= 11 is 6.28. The summed E-state index contributed by atoms with van der Waals surface area (Å²) in [4.78, 5) is 17.9. The number of halogens is 1. The number of nitrogens with one attached hydrogen (secondary N) is 1. The van der Waals surface area contributed by atoms with Crippen LogP contribution in [0.25, 0.3) is 0 Å². The molecule has 0 unspecified atom stereocenters. The van der Waals surface area contributed by atoms with E-state index in [2.05, 4.69) is 33.2 Å². The first-order valence-electron chi connectivity index (χ1n) is 11.1. The van der Waals surface area contributed by atoms with E-state index in [1.165, 1.54) is 0 Å². The molecule has 1 N–H and O–H groups in total. The molecule has 0 bridgehead atoms. The molecule has 0 atom stereocenters. The number of piperazine rings is 1. The fourth-order valence-corrected chi connectivity index (χ4v) is 4.37. The maximum Gasteiger partial charge on any atom is 0.255 e. The van der Waals surface area contributed by atoms with Crippen molar-refractivity contribution in [2.45, 2.75) is 27.3 Å². The van der Waals surface area contributed by atoms with Gasteiger partial charge < -0.3 is 15.1 Å². The molecular weight excluding hydrogens is 422 g/mol. The van der Waals surface area contributed by atoms with E-state index in [-0.39, 0.29) is 5.91 Å². The predicted molar refractivity (Wildman–Crippen MR) is 131 cm³/mol. The largest absolute Gasteiger partial charge is 0.367 e. The van der Waals surface area contributed by atoms with Crippen LogP contribution in [-0.2, 0) is 6.54 Å². The Hall–Kier alpha value is -2.83. The third kappa shape index (κ3) is 5.14. The minimum Gasteiger partial charge on any atom is -0.367 e. The summed E-state index contributed by atoms with van der Waals surface area (Å²) in [5.74, 6) is -0.143. The first-order valence-corrected chi connectivity index (χ1v) is 11.5. The van der Waals surface area contributed by atoms with Crippen LogP contribution >= 0.6 is 11.6 Å². The molecule has 32 heavy (non-hydrogen) atoms. The van der Waals surface area contributed by atoms with Gasteiger partial charge in [-0.2, -0.15) is 5.10 Å². The van der Waals surface area contributed by atoms with Crippen LogP contribution < -0.4 is 10.2 Å². The molecule has 1 fully saturated rings. The number of amides is 1. The van der Waals surface area contributed by atoms with E-state index in [9.17, 15) is 4.79 Å². The second-order valence-electron chi connectivity index (χ2n) is 8.32. The van der Waals surface area contributed by atoms with Crippen molar-refractivity contribution in [3.63, 3.8) is 0 Å². The molecule has 1 saturated heterocycles. The molecule has 0 saturated carbocycles. The standard InChI is InChI=1S/C25H30ClN5O/c1-4-29-10-12-30(13-11-29)24-9-8-22(26)16-23(24)27-25(32)21-7-5-6-20(15-21)17-31-19(3)14-18(2)28-31/h5-9,14-16H,4,10-13,17H2,1-3H3,(H,27,32). The highest BCUT2D eigenvalue weighted by Crippen LogP contribution is 2.30. The maximum absolute atomic E-state index is 13.1. The molecule has 6 nitrogen and oxygen atoms in total. The first-order chi connectivity index (χ1) is 15.4. The van der Waals surface area contributed by atoms with E-state index in [0.717, 1.165) is 61.0 Å². The quantitative estimate of drug-likeness (QED) is 0.595. The molecule has 2 aromatic carbocycles. The molecule has 4 rings (SSSR count). The SMILES string of the molecule is CCN1CCN(c2ccc(Cl)cc2NC(=O)c2cccc(Cn3nc(C)cc3C)c2)CC1. The van der Waals surface area contributed by atoms with Crippen molar-refractivity contribution in [3.05, 3.63) is 76.1 Å². The number of hydrogen-bond donors (Lipinski definition) is 1. The van der Waals surface area contributed by atoms with Crippen molar-refractivity contribution in [3.8, 4) is 0 Å². The van der Waals surface area contributed by atoms with Gasteiger partial charge in [0.25, 0.3) is 5.91 Å². The highest BCUT2D eigenvalue weighted by atomic mass is 35.5. The van der Waals surface area contributed by atoms with Crippen LogP contribution in [0.5, 0.6) is 0 Å². The number of aromatic nitrogens is 2. The lowest BCUT2D eigenvalue weighted by Gasteiger charge is -2.36. The van der Waals surface area contributed by atoms with E-state index in [4.69, 9.17) is 11.6 Å². The summed E-state index contributed by atoms with van der Waals surface area (Å²) in [6, 6.07) is 15.5. The van der Waals surface area contributed by atoms with Gasteiger partial charge in [-0.25, -0.2) is 0 Å². The number of nitrogens with zero attached hydrogens (tertiary/aromatic N) is 4. The summed E-state index contributed by atoms with van der Waals surface area (Å²) in [6.07, 6.45) is 0. The maximum atomic E-state index is 13.1. The number of carbonyl (C=O) groups is 1. The van der Waals surface area contributed by atoms with Crippen LogP contribution in [0.1, 0.15) is 34.2 Å². The number of likely N-dealkylation sites (N-methyl/N-ethyl adjacent to an activating group) is 1. The monoisotopic (exact) mass is 451 g/mol. The van der Waals surface area contributed by atoms with Gasteiger partial charge in [0.05, 0.1) is 23.6 Å². The van der Waals surface area contributed by atoms with Gasteiger partial charge in [-0.15, -0.1) is 0 Å². The molecule has 0 spiro atoms. The smallest absolute Gasteiger partial charge is 0.255 e. The van der Waals surface area contributed by atoms with Crippen molar-refractivity contribution in [2.24, 2.45) is 0 Å². The fraction of sp³-hybridized carbons (Fsp3) is 0.360. The average Bonchev–Trinajstić information content (AvgIpc) is 3.10. The van der Waals surface area contributed by atoms with Crippen LogP contribution in [-0.4, -0.2) is 53.3 Å². The molecule has 1 aliphatic heterocycles. The summed E-state index contributed by atoms with van der Waals surface area (Å²) in [5.41, 5.74) is 5.50. The van der Waals surface area contributed by atoms with Crippen LogP contribution in [0, 0.1) is 13.8 Å². The van der Waals surface area contributed by atoms with Crippen LogP contribution in [0.4, 0.5) is 11.4 Å². The van der Waals surface area contributed by atoms with Crippen LogP contribution in [0.2, 0.25) is 5.02 Å². The number of aryl methyl sites for hydroxylation is 2. The third-order valence-corrected chi connectivity index (χ3v) is 6.23. The minimum atomic E-state index is -0.143.